The predicted octanol–water partition coefficient (Wildman–Crippen LogP) is 2.31. The lowest BCUT2D eigenvalue weighted by molar-refractivity contribution is -0.156. The Morgan fingerprint density at radius 3 is 2.44 bits per heavy atom. The molecule has 2 atom stereocenters. The largest absolute Gasteiger partial charge is 0.452 e. The van der Waals surface area contributed by atoms with Gasteiger partial charge >= 0.3 is 5.97 Å². The predicted molar refractivity (Wildman–Crippen MR) is 89.2 cm³/mol. The summed E-state index contributed by atoms with van der Waals surface area (Å²) in [5, 5.41) is 2.50. The van der Waals surface area contributed by atoms with Crippen LogP contribution < -0.4 is 5.32 Å². The average molecular weight is 393 g/mol. The Morgan fingerprint density at radius 2 is 1.92 bits per heavy atom. The second-order valence-electron chi connectivity index (χ2n) is 5.57. The van der Waals surface area contributed by atoms with Crippen molar-refractivity contribution in [3.05, 3.63) is 24.3 Å². The summed E-state index contributed by atoms with van der Waals surface area (Å²) in [6.45, 7) is 1.37. The highest BCUT2D eigenvalue weighted by molar-refractivity contribution is 7.99. The molecule has 25 heavy (non-hydrogen) atoms. The second kappa shape index (κ2) is 8.13. The van der Waals surface area contributed by atoms with Gasteiger partial charge in [-0.2, -0.15) is 8.78 Å². The number of esters is 1. The van der Waals surface area contributed by atoms with Crippen LogP contribution in [-0.2, 0) is 24.2 Å². The van der Waals surface area contributed by atoms with Crippen LogP contribution in [0.3, 0.4) is 0 Å². The zero-order valence-electron chi connectivity index (χ0n) is 13.3. The number of benzene rings is 1. The van der Waals surface area contributed by atoms with Gasteiger partial charge in [-0.1, -0.05) is 11.8 Å². The van der Waals surface area contributed by atoms with Crippen LogP contribution in [0.1, 0.15) is 13.3 Å². The minimum atomic E-state index is -3.21. The molecule has 1 fully saturated rings. The van der Waals surface area contributed by atoms with Crippen molar-refractivity contribution >= 4 is 39.2 Å². The summed E-state index contributed by atoms with van der Waals surface area (Å²) in [6, 6.07) is 5.79. The van der Waals surface area contributed by atoms with Gasteiger partial charge in [-0.05, 0) is 37.6 Å². The number of carbonyl (C=O) groups is 2. The van der Waals surface area contributed by atoms with E-state index in [0.29, 0.717) is 22.3 Å². The summed E-state index contributed by atoms with van der Waals surface area (Å²) in [6.07, 6.45) is -0.912. The minimum Gasteiger partial charge on any atom is -0.452 e. The normalized spacial score (nSPS) is 20.2. The maximum atomic E-state index is 12.2. The maximum absolute atomic E-state index is 12.2. The fourth-order valence-corrected chi connectivity index (χ4v) is 4.49. The first-order valence-corrected chi connectivity index (χ1v) is 10.1. The van der Waals surface area contributed by atoms with Crippen molar-refractivity contribution in [1.82, 2.24) is 0 Å². The van der Waals surface area contributed by atoms with Crippen LogP contribution in [0.2, 0.25) is 0 Å². The summed E-state index contributed by atoms with van der Waals surface area (Å²) >= 11 is 0.390. The summed E-state index contributed by atoms with van der Waals surface area (Å²) < 4.78 is 52.2. The summed E-state index contributed by atoms with van der Waals surface area (Å²) in [5.74, 6) is -4.90. The number of alkyl halides is 2. The molecule has 0 bridgehead atoms. The molecule has 0 unspecified atom stereocenters. The number of amides is 1. The molecule has 6 nitrogen and oxygen atoms in total. The van der Waals surface area contributed by atoms with E-state index in [2.05, 4.69) is 5.32 Å². The standard InChI is InChI=1S/C15H17F2NO5S2/c1-9(23-14(20)10-6-7-25(21,22)8-10)13(19)18-11-2-4-12(5-3-11)24-15(16)17/h2-5,9-10,15H,6-8H2,1H3,(H,18,19)/t9-,10-/m0/s1. The highest BCUT2D eigenvalue weighted by Crippen LogP contribution is 2.26. The second-order valence-corrected chi connectivity index (χ2v) is 8.86. The Hall–Kier alpha value is -1.68. The van der Waals surface area contributed by atoms with Crippen LogP contribution >= 0.6 is 11.8 Å². The molecule has 1 N–H and O–H groups in total. The Labute approximate surface area is 148 Å². The van der Waals surface area contributed by atoms with Gasteiger partial charge in [0.15, 0.2) is 15.9 Å². The summed E-state index contributed by atoms with van der Waals surface area (Å²) in [7, 11) is -3.21. The molecule has 1 heterocycles. The molecule has 10 heteroatoms. The molecular weight excluding hydrogens is 376 g/mol. The molecule has 0 aromatic heterocycles. The molecule has 1 amide bonds. The van der Waals surface area contributed by atoms with Gasteiger partial charge in [0, 0.05) is 10.6 Å². The number of nitrogens with one attached hydrogen (secondary N) is 1. The van der Waals surface area contributed by atoms with Gasteiger partial charge in [-0.3, -0.25) is 9.59 Å². The Kier molecular flexibility index (Phi) is 6.39. The van der Waals surface area contributed by atoms with Crippen LogP contribution in [0.5, 0.6) is 0 Å². The Morgan fingerprint density at radius 1 is 1.28 bits per heavy atom. The number of sulfone groups is 1. The van der Waals surface area contributed by atoms with Crippen molar-refractivity contribution in [2.45, 2.75) is 30.1 Å². The van der Waals surface area contributed by atoms with Crippen LogP contribution in [0, 0.1) is 5.92 Å². The number of rotatable bonds is 6. The van der Waals surface area contributed by atoms with E-state index in [-0.39, 0.29) is 17.9 Å². The molecule has 138 valence electrons. The van der Waals surface area contributed by atoms with Crippen molar-refractivity contribution in [3.63, 3.8) is 0 Å². The van der Waals surface area contributed by atoms with E-state index in [1.165, 1.54) is 31.2 Å². The molecule has 1 aliphatic rings. The third kappa shape index (κ3) is 5.96. The number of thioether (sulfide) groups is 1. The molecule has 0 radical (unpaired) electrons. The van der Waals surface area contributed by atoms with Gasteiger partial charge in [0.05, 0.1) is 17.4 Å². The fraction of sp³-hybridized carbons (Fsp3) is 0.467. The molecule has 1 aromatic rings. The van der Waals surface area contributed by atoms with Crippen molar-refractivity contribution in [2.24, 2.45) is 5.92 Å². The van der Waals surface area contributed by atoms with Gasteiger partial charge in [0.2, 0.25) is 0 Å². The zero-order valence-corrected chi connectivity index (χ0v) is 14.9. The fourth-order valence-electron chi connectivity index (χ4n) is 2.27. The quantitative estimate of drug-likeness (QED) is 0.589. The van der Waals surface area contributed by atoms with Crippen molar-refractivity contribution in [1.29, 1.82) is 0 Å². The lowest BCUT2D eigenvalue weighted by Crippen LogP contribution is -2.32. The molecule has 0 aliphatic carbocycles. The van der Waals surface area contributed by atoms with E-state index in [0.717, 1.165) is 0 Å². The number of anilines is 1. The van der Waals surface area contributed by atoms with E-state index in [9.17, 15) is 26.8 Å². The molecule has 1 saturated heterocycles. The van der Waals surface area contributed by atoms with Crippen LogP contribution in [0.4, 0.5) is 14.5 Å². The minimum absolute atomic E-state index is 0.0592. The monoisotopic (exact) mass is 393 g/mol. The summed E-state index contributed by atoms with van der Waals surface area (Å²) in [5.41, 5.74) is 0.370. The van der Waals surface area contributed by atoms with E-state index < -0.39 is 39.5 Å². The lowest BCUT2D eigenvalue weighted by Gasteiger charge is -2.15. The van der Waals surface area contributed by atoms with Crippen molar-refractivity contribution in [2.75, 3.05) is 16.8 Å². The number of hydrogen-bond donors (Lipinski definition) is 1. The maximum Gasteiger partial charge on any atom is 0.310 e. The highest BCUT2D eigenvalue weighted by Gasteiger charge is 2.35. The molecular formula is C15H17F2NO5S2. The SMILES string of the molecule is C[C@H](OC(=O)[C@H]1CCS(=O)(=O)C1)C(=O)Nc1ccc(SC(F)F)cc1. The molecule has 0 saturated carbocycles. The lowest BCUT2D eigenvalue weighted by atomic mass is 10.1. The molecule has 1 aliphatic heterocycles. The van der Waals surface area contributed by atoms with Gasteiger partial charge in [0.1, 0.15) is 0 Å². The summed E-state index contributed by atoms with van der Waals surface area (Å²) in [4.78, 5) is 24.3. The third-order valence-electron chi connectivity index (χ3n) is 3.57. The van der Waals surface area contributed by atoms with Crippen molar-refractivity contribution in [3.8, 4) is 0 Å². The van der Waals surface area contributed by atoms with Crippen LogP contribution in [-0.4, -0.2) is 43.7 Å². The first-order chi connectivity index (χ1) is 11.7. The third-order valence-corrected chi connectivity index (χ3v) is 6.07. The van der Waals surface area contributed by atoms with Crippen LogP contribution in [0.15, 0.2) is 29.2 Å². The average Bonchev–Trinajstić information content (AvgIpc) is 2.89. The number of hydrogen-bond acceptors (Lipinski definition) is 6. The molecule has 0 spiro atoms. The first kappa shape index (κ1) is 19.6. The van der Waals surface area contributed by atoms with Crippen molar-refractivity contribution < 1.29 is 31.5 Å². The van der Waals surface area contributed by atoms with Crippen LogP contribution in [0.25, 0.3) is 0 Å². The highest BCUT2D eigenvalue weighted by atomic mass is 32.2. The van der Waals surface area contributed by atoms with Gasteiger partial charge in [0.25, 0.3) is 11.7 Å². The number of halogens is 2. The zero-order chi connectivity index (χ0) is 18.6. The van der Waals surface area contributed by atoms with E-state index >= 15 is 0 Å². The van der Waals surface area contributed by atoms with E-state index in [1.54, 1.807) is 0 Å². The van der Waals surface area contributed by atoms with Gasteiger partial charge in [-0.25, -0.2) is 8.42 Å². The van der Waals surface area contributed by atoms with E-state index in [1.807, 2.05) is 0 Å². The van der Waals surface area contributed by atoms with E-state index in [4.69, 9.17) is 4.74 Å². The first-order valence-electron chi connectivity index (χ1n) is 7.43. The number of carbonyl (C=O) groups excluding carboxylic acids is 2. The molecule has 2 rings (SSSR count). The van der Waals surface area contributed by atoms with Gasteiger partial charge < -0.3 is 10.1 Å². The smallest absolute Gasteiger partial charge is 0.310 e. The topological polar surface area (TPSA) is 89.5 Å². The number of ether oxygens (including phenoxy) is 1. The van der Waals surface area contributed by atoms with Gasteiger partial charge in [-0.15, -0.1) is 0 Å². The molecule has 1 aromatic carbocycles. The Bertz CT molecular complexity index is 737. The Balaban J connectivity index is 1.86.